The summed E-state index contributed by atoms with van der Waals surface area (Å²) >= 11 is 2.88. The average molecular weight is 552 g/mol. The number of aromatic amines is 1. The fourth-order valence-corrected chi connectivity index (χ4v) is 8.05. The van der Waals surface area contributed by atoms with E-state index in [1.807, 2.05) is 62.6 Å². The molecule has 4 heterocycles. The molecule has 0 saturated carbocycles. The third-order valence-corrected chi connectivity index (χ3v) is 10.4. The van der Waals surface area contributed by atoms with Crippen LogP contribution in [0.3, 0.4) is 0 Å². The van der Waals surface area contributed by atoms with Crippen molar-refractivity contribution in [3.63, 3.8) is 0 Å². The number of hydrogen-bond acceptors (Lipinski definition) is 7. The third-order valence-electron chi connectivity index (χ3n) is 6.03. The summed E-state index contributed by atoms with van der Waals surface area (Å²) < 4.78 is 28.9. The van der Waals surface area contributed by atoms with E-state index in [0.717, 1.165) is 46.8 Å². The van der Waals surface area contributed by atoms with Crippen LogP contribution >= 0.6 is 22.7 Å². The van der Waals surface area contributed by atoms with Crippen LogP contribution in [0.5, 0.6) is 0 Å². The van der Waals surface area contributed by atoms with Crippen molar-refractivity contribution in [2.75, 3.05) is 17.9 Å². The molecule has 5 aromatic rings. The second-order valence-corrected chi connectivity index (χ2v) is 13.3. The number of thiophene rings is 1. The second-order valence-electron chi connectivity index (χ2n) is 9.19. The van der Waals surface area contributed by atoms with Crippen LogP contribution in [-0.4, -0.2) is 47.9 Å². The van der Waals surface area contributed by atoms with Gasteiger partial charge in [0.1, 0.15) is 9.22 Å². The molecule has 0 radical (unpaired) electrons. The van der Waals surface area contributed by atoms with Gasteiger partial charge in [-0.05, 0) is 56.6 Å². The second kappa shape index (κ2) is 10.7. The number of H-pyrrole nitrogens is 1. The predicted octanol–water partition coefficient (Wildman–Crippen LogP) is 6.03. The van der Waals surface area contributed by atoms with Gasteiger partial charge in [-0.15, -0.1) is 22.7 Å². The van der Waals surface area contributed by atoms with Gasteiger partial charge in [0.05, 0.1) is 16.9 Å². The summed E-state index contributed by atoms with van der Waals surface area (Å²) in [5.74, 6) is 0. The van der Waals surface area contributed by atoms with Gasteiger partial charge in [-0.25, -0.2) is 13.4 Å². The fourth-order valence-electron chi connectivity index (χ4n) is 4.33. The molecule has 4 aromatic heterocycles. The standard InChI is InChI=1S/C27H29N5O2S3/c1-19(2)32(37(33,34)25-11-7-15-35-25)24-10-6-8-20-16-23(30-26(20)24)27-29-17-22(36-27)18-31(3)14-12-21-9-4-5-13-28-21/h4-11,13,15-17,19,30H,12,14,18H2,1-3H3. The lowest BCUT2D eigenvalue weighted by atomic mass is 10.2. The molecule has 37 heavy (non-hydrogen) atoms. The molecule has 0 aliphatic rings. The molecule has 0 fully saturated rings. The Morgan fingerprint density at radius 1 is 1.05 bits per heavy atom. The van der Waals surface area contributed by atoms with Crippen molar-refractivity contribution in [3.8, 4) is 10.7 Å². The number of aromatic nitrogens is 3. The first kappa shape index (κ1) is 25.6. The largest absolute Gasteiger partial charge is 0.351 e. The van der Waals surface area contributed by atoms with E-state index >= 15 is 0 Å². The Labute approximate surface area is 225 Å². The summed E-state index contributed by atoms with van der Waals surface area (Å²) in [7, 11) is -1.58. The van der Waals surface area contributed by atoms with E-state index in [4.69, 9.17) is 0 Å². The SMILES string of the molecule is CC(C)N(c1cccc2cc(-c3ncc(CN(C)CCc4ccccn4)s3)[nH]c12)S(=O)(=O)c1cccs1. The topological polar surface area (TPSA) is 82.2 Å². The fraction of sp³-hybridized carbons (Fsp3) is 0.259. The molecular weight excluding hydrogens is 523 g/mol. The van der Waals surface area contributed by atoms with Gasteiger partial charge in [0, 0.05) is 53.9 Å². The zero-order chi connectivity index (χ0) is 26.0. The highest BCUT2D eigenvalue weighted by Crippen LogP contribution is 2.36. The van der Waals surface area contributed by atoms with Crippen LogP contribution in [-0.2, 0) is 23.0 Å². The first-order valence-corrected chi connectivity index (χ1v) is 15.2. The number of pyridine rings is 1. The number of para-hydroxylation sites is 1. The lowest BCUT2D eigenvalue weighted by Crippen LogP contribution is -2.36. The summed E-state index contributed by atoms with van der Waals surface area (Å²) in [6.07, 6.45) is 4.65. The van der Waals surface area contributed by atoms with Gasteiger partial charge < -0.3 is 9.88 Å². The number of sulfonamides is 1. The first-order chi connectivity index (χ1) is 17.8. The molecule has 0 unspecified atom stereocenters. The minimum Gasteiger partial charge on any atom is -0.351 e. The van der Waals surface area contributed by atoms with Gasteiger partial charge in [-0.2, -0.15) is 0 Å². The Kier molecular flexibility index (Phi) is 7.43. The summed E-state index contributed by atoms with van der Waals surface area (Å²) in [6.45, 7) is 5.50. The number of likely N-dealkylation sites (N-methyl/N-ethyl adjacent to an activating group) is 1. The molecular formula is C27H29N5O2S3. The maximum Gasteiger partial charge on any atom is 0.274 e. The molecule has 0 amide bonds. The predicted molar refractivity (Wildman–Crippen MR) is 153 cm³/mol. The minimum atomic E-state index is -3.68. The van der Waals surface area contributed by atoms with E-state index in [1.54, 1.807) is 28.8 Å². The van der Waals surface area contributed by atoms with Crippen LogP contribution in [0.25, 0.3) is 21.6 Å². The van der Waals surface area contributed by atoms with E-state index in [0.29, 0.717) is 9.90 Å². The molecule has 192 valence electrons. The normalized spacial score (nSPS) is 12.1. The Morgan fingerprint density at radius 2 is 1.92 bits per heavy atom. The van der Waals surface area contributed by atoms with Gasteiger partial charge in [-0.3, -0.25) is 9.29 Å². The third kappa shape index (κ3) is 5.47. The molecule has 7 nitrogen and oxygen atoms in total. The number of hydrogen-bond donors (Lipinski definition) is 1. The summed E-state index contributed by atoms with van der Waals surface area (Å²) in [4.78, 5) is 16.0. The van der Waals surface area contributed by atoms with Gasteiger partial charge in [0.2, 0.25) is 0 Å². The maximum absolute atomic E-state index is 13.5. The number of fused-ring (bicyclic) bond motifs is 1. The molecule has 0 aliphatic heterocycles. The maximum atomic E-state index is 13.5. The van der Waals surface area contributed by atoms with Crippen molar-refractivity contribution in [1.82, 2.24) is 19.9 Å². The highest BCUT2D eigenvalue weighted by atomic mass is 32.2. The van der Waals surface area contributed by atoms with Crippen molar-refractivity contribution in [3.05, 3.63) is 82.9 Å². The summed E-state index contributed by atoms with van der Waals surface area (Å²) in [6, 6.07) is 17.0. The van der Waals surface area contributed by atoms with Crippen molar-refractivity contribution in [1.29, 1.82) is 0 Å². The Hall–Kier alpha value is -3.05. The number of thiazole rings is 1. The van der Waals surface area contributed by atoms with E-state index in [2.05, 4.69) is 33.0 Å². The zero-order valence-electron chi connectivity index (χ0n) is 21.0. The minimum absolute atomic E-state index is 0.252. The lowest BCUT2D eigenvalue weighted by molar-refractivity contribution is 0.332. The van der Waals surface area contributed by atoms with Crippen LogP contribution in [0.4, 0.5) is 5.69 Å². The Morgan fingerprint density at radius 3 is 2.65 bits per heavy atom. The molecule has 5 rings (SSSR count). The van der Waals surface area contributed by atoms with Gasteiger partial charge in [0.15, 0.2) is 0 Å². The van der Waals surface area contributed by atoms with Crippen LogP contribution in [0.2, 0.25) is 0 Å². The lowest BCUT2D eigenvalue weighted by Gasteiger charge is -2.28. The number of benzene rings is 1. The monoisotopic (exact) mass is 551 g/mol. The van der Waals surface area contributed by atoms with E-state index in [-0.39, 0.29) is 6.04 Å². The summed E-state index contributed by atoms with van der Waals surface area (Å²) in [5.41, 5.74) is 3.39. The zero-order valence-corrected chi connectivity index (χ0v) is 23.4. The smallest absolute Gasteiger partial charge is 0.274 e. The molecule has 1 aromatic carbocycles. The van der Waals surface area contributed by atoms with E-state index in [1.165, 1.54) is 20.5 Å². The van der Waals surface area contributed by atoms with Gasteiger partial charge in [0.25, 0.3) is 10.0 Å². The van der Waals surface area contributed by atoms with E-state index in [9.17, 15) is 8.42 Å². The quantitative estimate of drug-likeness (QED) is 0.229. The molecule has 0 aliphatic carbocycles. The number of nitrogens with one attached hydrogen (secondary N) is 1. The molecule has 10 heteroatoms. The van der Waals surface area contributed by atoms with Crippen molar-refractivity contribution in [2.45, 2.75) is 37.1 Å². The number of nitrogens with zero attached hydrogens (tertiary/aromatic N) is 4. The number of rotatable bonds is 10. The van der Waals surface area contributed by atoms with E-state index < -0.39 is 10.0 Å². The van der Waals surface area contributed by atoms with Gasteiger partial charge in [-0.1, -0.05) is 24.3 Å². The Bertz CT molecular complexity index is 1570. The summed E-state index contributed by atoms with van der Waals surface area (Å²) in [5, 5.41) is 3.62. The van der Waals surface area contributed by atoms with Crippen molar-refractivity contribution >= 4 is 49.3 Å². The molecule has 1 N–H and O–H groups in total. The molecule has 0 atom stereocenters. The average Bonchev–Trinajstić information content (AvgIpc) is 3.64. The van der Waals surface area contributed by atoms with Crippen molar-refractivity contribution < 1.29 is 8.42 Å². The Balaban J connectivity index is 1.39. The highest BCUT2D eigenvalue weighted by molar-refractivity contribution is 7.94. The highest BCUT2D eigenvalue weighted by Gasteiger charge is 2.30. The molecule has 0 spiro atoms. The van der Waals surface area contributed by atoms with Crippen molar-refractivity contribution in [2.24, 2.45) is 0 Å². The van der Waals surface area contributed by atoms with Crippen LogP contribution in [0.15, 0.2) is 76.6 Å². The molecule has 0 bridgehead atoms. The van der Waals surface area contributed by atoms with Gasteiger partial charge >= 0.3 is 0 Å². The van der Waals surface area contributed by atoms with Crippen LogP contribution in [0, 0.1) is 0 Å². The number of anilines is 1. The molecule has 0 saturated heterocycles. The van der Waals surface area contributed by atoms with Crippen LogP contribution in [0.1, 0.15) is 24.4 Å². The first-order valence-electron chi connectivity index (χ1n) is 12.1. The van der Waals surface area contributed by atoms with Crippen LogP contribution < -0.4 is 4.31 Å².